The van der Waals surface area contributed by atoms with Crippen LogP contribution in [0.4, 0.5) is 0 Å². The van der Waals surface area contributed by atoms with Gasteiger partial charge in [-0.3, -0.25) is 9.59 Å². The van der Waals surface area contributed by atoms with Gasteiger partial charge in [-0.25, -0.2) is 4.79 Å². The number of hydrogen-bond donors (Lipinski definition) is 1. The van der Waals surface area contributed by atoms with Crippen molar-refractivity contribution in [2.75, 3.05) is 6.61 Å². The van der Waals surface area contributed by atoms with Gasteiger partial charge in [-0.1, -0.05) is 26.0 Å². The molecule has 0 amide bonds. The predicted octanol–water partition coefficient (Wildman–Crippen LogP) is 3.69. The van der Waals surface area contributed by atoms with Crippen LogP contribution in [-0.2, 0) is 33.3 Å². The Labute approximate surface area is 249 Å². The molecule has 228 valence electrons. The van der Waals surface area contributed by atoms with Crippen LogP contribution in [0.3, 0.4) is 0 Å². The van der Waals surface area contributed by atoms with Gasteiger partial charge in [0.15, 0.2) is 11.9 Å². The summed E-state index contributed by atoms with van der Waals surface area (Å²) in [5.41, 5.74) is -5.57. The Hall–Kier alpha value is -2.49. The molecule has 4 spiro atoms. The molecule has 0 radical (unpaired) electrons. The molecule has 9 aliphatic rings. The van der Waals surface area contributed by atoms with E-state index in [1.54, 1.807) is 12.5 Å². The van der Waals surface area contributed by atoms with Crippen molar-refractivity contribution in [3.8, 4) is 0 Å². The predicted molar refractivity (Wildman–Crippen MR) is 146 cm³/mol. The molecule has 0 unspecified atom stereocenters. The van der Waals surface area contributed by atoms with Crippen LogP contribution >= 0.6 is 0 Å². The average molecular weight is 591 g/mol. The Bertz CT molecular complexity index is 1560. The fourth-order valence-corrected chi connectivity index (χ4v) is 13.9. The highest BCUT2D eigenvalue weighted by Crippen LogP contribution is 2.85. The molecule has 4 aliphatic heterocycles. The summed E-state index contributed by atoms with van der Waals surface area (Å²) in [7, 11) is 0. The second kappa shape index (κ2) is 7.00. The van der Waals surface area contributed by atoms with Crippen LogP contribution in [0.15, 0.2) is 35.2 Å². The highest BCUT2D eigenvalue weighted by atomic mass is 16.7. The summed E-state index contributed by atoms with van der Waals surface area (Å²) in [4.78, 5) is 42.8. The van der Waals surface area contributed by atoms with E-state index in [-0.39, 0.29) is 30.2 Å². The van der Waals surface area contributed by atoms with Crippen molar-refractivity contribution in [3.05, 3.63) is 36.3 Å². The standard InChI is InChI=1S/C34H38O9/c1-28(2)21-19(35)22(36)30(4)20-18(12-29(3)23(17-7-10-39-14-17)41-25(37)24-34(29,30)42-24)13-31-8-5-16(11-31)6-9-33(31)26(43-28)32(20,21)15-40-27(33)38/h6-7,9-10,14,16,18,20-24,26,36H,5,8,11-13,15H2,1-4H3/t16-,18+,20+,21-,22-,23+,24-,26-,29+,30+,31-,32-,33+,34-/m1/s1. The lowest BCUT2D eigenvalue weighted by molar-refractivity contribution is -0.269. The minimum absolute atomic E-state index is 0.0106. The van der Waals surface area contributed by atoms with Crippen molar-refractivity contribution in [1.82, 2.24) is 0 Å². The Kier molecular flexibility index (Phi) is 4.20. The number of allylic oxidation sites excluding steroid dienone is 1. The van der Waals surface area contributed by atoms with E-state index < -0.39 is 74.6 Å². The molecule has 4 bridgehead atoms. The molecule has 5 heterocycles. The van der Waals surface area contributed by atoms with E-state index in [2.05, 4.69) is 19.1 Å². The quantitative estimate of drug-likeness (QED) is 0.296. The number of cyclic esters (lactones) is 2. The number of ketones is 1. The van der Waals surface area contributed by atoms with Gasteiger partial charge < -0.3 is 28.5 Å². The van der Waals surface area contributed by atoms with E-state index in [0.29, 0.717) is 12.3 Å². The van der Waals surface area contributed by atoms with Gasteiger partial charge in [0.25, 0.3) is 0 Å². The second-order valence-electron chi connectivity index (χ2n) is 16.5. The maximum atomic E-state index is 14.8. The van der Waals surface area contributed by atoms with Gasteiger partial charge in [0.1, 0.15) is 29.8 Å². The molecule has 1 aromatic rings. The number of rotatable bonds is 1. The largest absolute Gasteiger partial charge is 0.472 e. The first kappa shape index (κ1) is 25.8. The van der Waals surface area contributed by atoms with Crippen molar-refractivity contribution in [2.24, 2.45) is 50.7 Å². The number of furan rings is 1. The number of epoxide rings is 1. The van der Waals surface area contributed by atoms with E-state index in [1.165, 1.54) is 0 Å². The van der Waals surface area contributed by atoms with Gasteiger partial charge in [-0.15, -0.1) is 0 Å². The highest BCUT2D eigenvalue weighted by Gasteiger charge is 2.94. The molecule has 1 N–H and O–H groups in total. The Balaban J connectivity index is 1.29. The molecule has 43 heavy (non-hydrogen) atoms. The molecular formula is C34H38O9. The van der Waals surface area contributed by atoms with Gasteiger partial charge in [-0.05, 0) is 75.2 Å². The maximum absolute atomic E-state index is 14.8. The minimum atomic E-state index is -1.39. The number of esters is 2. The van der Waals surface area contributed by atoms with E-state index in [4.69, 9.17) is 23.4 Å². The molecular weight excluding hydrogens is 552 g/mol. The summed E-state index contributed by atoms with van der Waals surface area (Å²) in [6, 6.07) is 1.82. The topological polar surface area (TPSA) is 125 Å². The minimum Gasteiger partial charge on any atom is -0.472 e. The monoisotopic (exact) mass is 590 g/mol. The smallest absolute Gasteiger partial charge is 0.339 e. The molecule has 14 atom stereocenters. The highest BCUT2D eigenvalue weighted by molar-refractivity contribution is 5.93. The summed E-state index contributed by atoms with van der Waals surface area (Å²) < 4.78 is 31.6. The van der Waals surface area contributed by atoms with Gasteiger partial charge in [0, 0.05) is 21.8 Å². The first-order chi connectivity index (χ1) is 20.3. The van der Waals surface area contributed by atoms with Crippen LogP contribution in [0.1, 0.15) is 71.5 Å². The molecule has 9 heteroatoms. The molecule has 10 rings (SSSR count). The Morgan fingerprint density at radius 2 is 1.81 bits per heavy atom. The van der Waals surface area contributed by atoms with Gasteiger partial charge in [0.2, 0.25) is 0 Å². The Morgan fingerprint density at radius 3 is 2.58 bits per heavy atom. The van der Waals surface area contributed by atoms with Gasteiger partial charge in [0.05, 0.1) is 30.1 Å². The molecule has 4 saturated heterocycles. The number of carbonyl (C=O) groups is 3. The van der Waals surface area contributed by atoms with Gasteiger partial charge in [-0.2, -0.15) is 0 Å². The van der Waals surface area contributed by atoms with Crippen LogP contribution in [0.5, 0.6) is 0 Å². The lowest BCUT2D eigenvalue weighted by Gasteiger charge is -2.68. The van der Waals surface area contributed by atoms with Gasteiger partial charge >= 0.3 is 11.9 Å². The van der Waals surface area contributed by atoms with E-state index >= 15 is 0 Å². The first-order valence-corrected chi connectivity index (χ1v) is 16.0. The number of carbonyl (C=O) groups excluding carboxylic acids is 3. The number of aliphatic hydroxyl groups excluding tert-OH is 1. The number of Topliss-reactive ketones (excluding diaryl/α,β-unsaturated/α-hetero) is 1. The Morgan fingerprint density at radius 1 is 1.00 bits per heavy atom. The molecule has 8 fully saturated rings. The third kappa shape index (κ3) is 2.27. The summed E-state index contributed by atoms with van der Waals surface area (Å²) >= 11 is 0. The number of hydrogen-bond acceptors (Lipinski definition) is 9. The lowest BCUT2D eigenvalue weighted by Crippen LogP contribution is -2.78. The number of fused-ring (bicyclic) bond motifs is 1. The number of ether oxygens (including phenoxy) is 4. The average Bonchev–Trinajstić information content (AvgIpc) is 3.23. The van der Waals surface area contributed by atoms with Crippen molar-refractivity contribution in [3.63, 3.8) is 0 Å². The summed E-state index contributed by atoms with van der Waals surface area (Å²) in [5.74, 6) is -1.62. The third-order valence-electron chi connectivity index (χ3n) is 14.8. The molecule has 5 aliphatic carbocycles. The SMILES string of the molecule is CC1(C)O[C@@H]2[C@@]34COC(=O)[C@]25C=C[C@H]2CC[C@@]5(C2)C[C@@H]2C[C@@]5(C)[C@H](c6ccoc6)OC(=O)[C@H]6O[C@]65[C@](C)([C@H](O)C(=O)[C@H]13)[C@H]24. The van der Waals surface area contributed by atoms with E-state index in [0.717, 1.165) is 31.2 Å². The third-order valence-corrected chi connectivity index (χ3v) is 14.8. The normalized spacial score (nSPS) is 59.2. The summed E-state index contributed by atoms with van der Waals surface area (Å²) in [6.45, 7) is 8.01. The zero-order chi connectivity index (χ0) is 29.7. The van der Waals surface area contributed by atoms with E-state index in [9.17, 15) is 19.5 Å². The van der Waals surface area contributed by atoms with Crippen LogP contribution in [-0.4, -0.2) is 58.9 Å². The fraction of sp³-hybridized carbons (Fsp3) is 0.735. The van der Waals surface area contributed by atoms with Crippen LogP contribution in [0.2, 0.25) is 0 Å². The second-order valence-corrected chi connectivity index (χ2v) is 16.5. The summed E-state index contributed by atoms with van der Waals surface area (Å²) in [5, 5.41) is 12.4. The maximum Gasteiger partial charge on any atom is 0.339 e. The zero-order valence-electron chi connectivity index (χ0n) is 25.0. The van der Waals surface area contributed by atoms with E-state index in [1.807, 2.05) is 26.8 Å². The van der Waals surface area contributed by atoms with Crippen LogP contribution < -0.4 is 0 Å². The van der Waals surface area contributed by atoms with Crippen molar-refractivity contribution < 1.29 is 42.9 Å². The van der Waals surface area contributed by atoms with Crippen molar-refractivity contribution in [1.29, 1.82) is 0 Å². The number of aliphatic hydroxyl groups is 1. The summed E-state index contributed by atoms with van der Waals surface area (Å²) in [6.07, 6.45) is 8.09. The van der Waals surface area contributed by atoms with Crippen molar-refractivity contribution in [2.45, 2.75) is 95.4 Å². The van der Waals surface area contributed by atoms with Crippen molar-refractivity contribution >= 4 is 17.7 Å². The first-order valence-electron chi connectivity index (χ1n) is 16.0. The van der Waals surface area contributed by atoms with Crippen LogP contribution in [0, 0.1) is 50.7 Å². The molecule has 1 aromatic heterocycles. The van der Waals surface area contributed by atoms with Crippen LogP contribution in [0.25, 0.3) is 0 Å². The molecule has 0 aromatic carbocycles. The molecule has 4 saturated carbocycles. The fourth-order valence-electron chi connectivity index (χ4n) is 13.9. The lowest BCUT2D eigenvalue weighted by atomic mass is 9.34. The zero-order valence-corrected chi connectivity index (χ0v) is 25.0. The molecule has 9 nitrogen and oxygen atoms in total.